The van der Waals surface area contributed by atoms with Crippen LogP contribution in [0.5, 0.6) is 0 Å². The second kappa shape index (κ2) is 5.54. The lowest BCUT2D eigenvalue weighted by Gasteiger charge is -2.24. The van der Waals surface area contributed by atoms with Crippen molar-refractivity contribution in [1.29, 1.82) is 0 Å². The maximum Gasteiger partial charge on any atom is 0.0406 e. The fraction of sp³-hybridized carbons (Fsp3) is 0.625. The van der Waals surface area contributed by atoms with Gasteiger partial charge in [-0.3, -0.25) is 0 Å². The minimum absolute atomic E-state index is 0.628. The molecule has 0 amide bonds. The molecule has 0 aromatic heterocycles. The Labute approximate surface area is 123 Å². The maximum atomic E-state index is 5.92. The Morgan fingerprint density at radius 3 is 2.56 bits per heavy atom. The predicted octanol–water partition coefficient (Wildman–Crippen LogP) is 5.47. The fourth-order valence-corrected chi connectivity index (χ4v) is 4.93. The largest absolute Gasteiger partial charge is 0.0887 e. The van der Waals surface area contributed by atoms with Gasteiger partial charge in [0.1, 0.15) is 0 Å². The first-order valence-corrected chi connectivity index (χ1v) is 8.38. The first kappa shape index (κ1) is 13.0. The van der Waals surface area contributed by atoms with Crippen molar-refractivity contribution in [3.8, 4) is 0 Å². The van der Waals surface area contributed by atoms with Gasteiger partial charge in [-0.25, -0.2) is 0 Å². The molecule has 2 aliphatic rings. The van der Waals surface area contributed by atoms with Crippen LogP contribution in [0.2, 0.25) is 5.02 Å². The van der Waals surface area contributed by atoms with Crippen LogP contribution in [0.15, 0.2) is 24.3 Å². The van der Waals surface area contributed by atoms with Gasteiger partial charge in [-0.2, -0.15) is 0 Å². The summed E-state index contributed by atoms with van der Waals surface area (Å²) in [7, 11) is 0. The lowest BCUT2D eigenvalue weighted by atomic mass is 9.85. The Bertz CT molecular complexity index is 400. The summed E-state index contributed by atoms with van der Waals surface area (Å²) in [6.07, 6.45) is 8.49. The molecule has 2 fully saturated rings. The predicted molar refractivity (Wildman–Crippen MR) is 81.4 cm³/mol. The number of hydrogen-bond acceptors (Lipinski definition) is 0. The number of hydrogen-bond donors (Lipinski definition) is 0. The van der Waals surface area contributed by atoms with E-state index in [0.717, 1.165) is 29.2 Å². The SMILES string of the molecule is Clc1ccc(CC(Br)CC2CC3CCC2C3)cc1. The Morgan fingerprint density at radius 1 is 1.17 bits per heavy atom. The molecule has 1 aromatic rings. The third-order valence-corrected chi connectivity index (χ3v) is 5.76. The highest BCUT2D eigenvalue weighted by Crippen LogP contribution is 2.50. The molecule has 98 valence electrons. The Hall–Kier alpha value is -0.0100. The highest BCUT2D eigenvalue weighted by Gasteiger charge is 2.39. The van der Waals surface area contributed by atoms with E-state index < -0.39 is 0 Å². The normalized spacial score (nSPS) is 31.8. The van der Waals surface area contributed by atoms with E-state index in [2.05, 4.69) is 28.1 Å². The summed E-state index contributed by atoms with van der Waals surface area (Å²) in [5.41, 5.74) is 1.39. The van der Waals surface area contributed by atoms with Crippen LogP contribution in [0.25, 0.3) is 0 Å². The molecular weight excluding hydrogens is 308 g/mol. The summed E-state index contributed by atoms with van der Waals surface area (Å²) in [5.74, 6) is 3.09. The number of benzene rings is 1. The van der Waals surface area contributed by atoms with Crippen molar-refractivity contribution in [2.24, 2.45) is 17.8 Å². The van der Waals surface area contributed by atoms with Crippen LogP contribution in [-0.2, 0) is 6.42 Å². The highest BCUT2D eigenvalue weighted by atomic mass is 79.9. The first-order chi connectivity index (χ1) is 8.70. The van der Waals surface area contributed by atoms with Crippen LogP contribution in [0.4, 0.5) is 0 Å². The molecule has 3 rings (SSSR count). The third kappa shape index (κ3) is 2.93. The van der Waals surface area contributed by atoms with Crippen LogP contribution in [-0.4, -0.2) is 4.83 Å². The Balaban J connectivity index is 1.52. The van der Waals surface area contributed by atoms with Gasteiger partial charge in [0.05, 0.1) is 0 Å². The average molecular weight is 328 g/mol. The van der Waals surface area contributed by atoms with Crippen LogP contribution >= 0.6 is 27.5 Å². The smallest absolute Gasteiger partial charge is 0.0406 e. The second-order valence-corrected chi connectivity index (χ2v) is 7.83. The minimum Gasteiger partial charge on any atom is -0.0887 e. The molecule has 0 aliphatic heterocycles. The fourth-order valence-electron chi connectivity index (χ4n) is 3.95. The van der Waals surface area contributed by atoms with Crippen molar-refractivity contribution in [1.82, 2.24) is 0 Å². The molecule has 2 saturated carbocycles. The molecule has 0 nitrogen and oxygen atoms in total. The van der Waals surface area contributed by atoms with Gasteiger partial charge in [0.15, 0.2) is 0 Å². The Kier molecular flexibility index (Phi) is 4.00. The molecule has 4 unspecified atom stereocenters. The zero-order valence-corrected chi connectivity index (χ0v) is 13.0. The van der Waals surface area contributed by atoms with E-state index in [0.29, 0.717) is 4.83 Å². The molecule has 0 spiro atoms. The van der Waals surface area contributed by atoms with Crippen molar-refractivity contribution in [3.05, 3.63) is 34.9 Å². The number of rotatable bonds is 4. The van der Waals surface area contributed by atoms with Crippen LogP contribution in [0, 0.1) is 17.8 Å². The van der Waals surface area contributed by atoms with Gasteiger partial charge < -0.3 is 0 Å². The van der Waals surface area contributed by atoms with E-state index in [1.54, 1.807) is 0 Å². The van der Waals surface area contributed by atoms with E-state index >= 15 is 0 Å². The minimum atomic E-state index is 0.628. The molecule has 0 radical (unpaired) electrons. The monoisotopic (exact) mass is 326 g/mol. The van der Waals surface area contributed by atoms with E-state index in [4.69, 9.17) is 11.6 Å². The lowest BCUT2D eigenvalue weighted by molar-refractivity contribution is 0.313. The van der Waals surface area contributed by atoms with Gasteiger partial charge in [-0.15, -0.1) is 0 Å². The van der Waals surface area contributed by atoms with Crippen molar-refractivity contribution < 1.29 is 0 Å². The third-order valence-electron chi connectivity index (χ3n) is 4.81. The molecule has 18 heavy (non-hydrogen) atoms. The molecule has 4 atom stereocenters. The van der Waals surface area contributed by atoms with Crippen LogP contribution in [0.1, 0.15) is 37.7 Å². The van der Waals surface area contributed by atoms with Gasteiger partial charge in [-0.1, -0.05) is 46.1 Å². The number of fused-ring (bicyclic) bond motifs is 2. The topological polar surface area (TPSA) is 0 Å². The molecule has 2 aliphatic carbocycles. The van der Waals surface area contributed by atoms with Crippen molar-refractivity contribution in [3.63, 3.8) is 0 Å². The molecule has 2 heteroatoms. The van der Waals surface area contributed by atoms with E-state index in [1.165, 1.54) is 37.7 Å². The quantitative estimate of drug-likeness (QED) is 0.643. The van der Waals surface area contributed by atoms with Gasteiger partial charge >= 0.3 is 0 Å². The van der Waals surface area contributed by atoms with Crippen LogP contribution in [0.3, 0.4) is 0 Å². The molecule has 0 N–H and O–H groups in total. The van der Waals surface area contributed by atoms with Crippen molar-refractivity contribution in [2.45, 2.75) is 43.4 Å². The summed E-state index contributed by atoms with van der Waals surface area (Å²) < 4.78 is 0. The summed E-state index contributed by atoms with van der Waals surface area (Å²) in [6, 6.07) is 8.29. The molecule has 2 bridgehead atoms. The zero-order valence-electron chi connectivity index (χ0n) is 10.6. The Morgan fingerprint density at radius 2 is 1.94 bits per heavy atom. The molecular formula is C16H20BrCl. The molecule has 1 aromatic carbocycles. The van der Waals surface area contributed by atoms with Gasteiger partial charge in [0.2, 0.25) is 0 Å². The van der Waals surface area contributed by atoms with Gasteiger partial charge in [0, 0.05) is 9.85 Å². The summed E-state index contributed by atoms with van der Waals surface area (Å²) >= 11 is 9.80. The maximum absolute atomic E-state index is 5.92. The second-order valence-electron chi connectivity index (χ2n) is 6.10. The van der Waals surface area contributed by atoms with Crippen LogP contribution < -0.4 is 0 Å². The van der Waals surface area contributed by atoms with E-state index in [9.17, 15) is 0 Å². The zero-order chi connectivity index (χ0) is 12.5. The van der Waals surface area contributed by atoms with Crippen molar-refractivity contribution in [2.75, 3.05) is 0 Å². The number of alkyl halides is 1. The highest BCUT2D eigenvalue weighted by molar-refractivity contribution is 9.09. The van der Waals surface area contributed by atoms with E-state index in [-0.39, 0.29) is 0 Å². The van der Waals surface area contributed by atoms with E-state index in [1.807, 2.05) is 12.1 Å². The molecule has 0 heterocycles. The standard InChI is InChI=1S/C16H20BrCl/c17-15(9-11-2-5-16(18)6-3-11)10-14-8-12-1-4-13(14)7-12/h2-3,5-6,12-15H,1,4,7-10H2. The van der Waals surface area contributed by atoms with Gasteiger partial charge in [-0.05, 0) is 67.6 Å². The van der Waals surface area contributed by atoms with Crippen molar-refractivity contribution >= 4 is 27.5 Å². The summed E-state index contributed by atoms with van der Waals surface area (Å²) in [5, 5.41) is 0.831. The average Bonchev–Trinajstić information content (AvgIpc) is 2.94. The van der Waals surface area contributed by atoms with Gasteiger partial charge in [0.25, 0.3) is 0 Å². The molecule has 0 saturated heterocycles. The summed E-state index contributed by atoms with van der Waals surface area (Å²) in [4.78, 5) is 0.628. The lowest BCUT2D eigenvalue weighted by Crippen LogP contribution is -2.16. The number of halogens is 2. The first-order valence-electron chi connectivity index (χ1n) is 7.09. The summed E-state index contributed by atoms with van der Waals surface area (Å²) in [6.45, 7) is 0.